The van der Waals surface area contributed by atoms with Crippen LogP contribution in [0.2, 0.25) is 0 Å². The second kappa shape index (κ2) is 24.3. The smallest absolute Gasteiger partial charge is 0.305 e. The van der Waals surface area contributed by atoms with E-state index in [1.165, 1.54) is 64.2 Å². The summed E-state index contributed by atoms with van der Waals surface area (Å²) in [5, 5.41) is 8.45. The average molecular weight is 405 g/mol. The molecule has 0 aromatic heterocycles. The second-order valence-electron chi connectivity index (χ2n) is 7.13. The fourth-order valence-corrected chi connectivity index (χ4v) is 2.79. The Morgan fingerprint density at radius 3 is 1.32 bits per heavy atom. The van der Waals surface area contributed by atoms with Gasteiger partial charge in [0, 0.05) is 6.61 Å². The molecule has 0 atom stereocenters. The lowest BCUT2D eigenvalue weighted by atomic mass is 10.1. The molecule has 6 nitrogen and oxygen atoms in total. The minimum atomic E-state index is -0.847. The van der Waals surface area contributed by atoms with Gasteiger partial charge in [-0.25, -0.2) is 0 Å². The van der Waals surface area contributed by atoms with Crippen molar-refractivity contribution < 1.29 is 28.8 Å². The number of rotatable bonds is 24. The molecule has 28 heavy (non-hydrogen) atoms. The van der Waals surface area contributed by atoms with E-state index in [2.05, 4.69) is 6.92 Å². The highest BCUT2D eigenvalue weighted by Crippen LogP contribution is 2.11. The maximum absolute atomic E-state index is 10.3. The van der Waals surface area contributed by atoms with Gasteiger partial charge in [0.1, 0.15) is 0 Å². The summed E-state index contributed by atoms with van der Waals surface area (Å²) in [6.07, 6.45) is 14.9. The van der Waals surface area contributed by atoms with Gasteiger partial charge in [0.15, 0.2) is 0 Å². The molecule has 0 aromatic carbocycles. The van der Waals surface area contributed by atoms with Crippen molar-refractivity contribution in [1.29, 1.82) is 0 Å². The number of unbranched alkanes of at least 4 members (excludes halogenated alkanes) is 10. The predicted octanol–water partition coefficient (Wildman–Crippen LogP) is 4.84. The molecule has 0 bridgehead atoms. The summed E-state index contributed by atoms with van der Waals surface area (Å²) >= 11 is 0. The second-order valence-corrected chi connectivity index (χ2v) is 7.13. The molecule has 0 aliphatic carbocycles. The summed E-state index contributed by atoms with van der Waals surface area (Å²) in [6, 6.07) is 0. The topological polar surface area (TPSA) is 74.2 Å². The average Bonchev–Trinajstić information content (AvgIpc) is 2.68. The molecule has 0 saturated carbocycles. The third kappa shape index (κ3) is 25.3. The predicted molar refractivity (Wildman–Crippen MR) is 112 cm³/mol. The largest absolute Gasteiger partial charge is 0.481 e. The monoisotopic (exact) mass is 404 g/mol. The van der Waals surface area contributed by atoms with Crippen molar-refractivity contribution in [3.05, 3.63) is 0 Å². The Labute approximate surface area is 172 Å². The van der Waals surface area contributed by atoms with Gasteiger partial charge in [-0.15, -0.1) is 0 Å². The third-order valence-electron chi connectivity index (χ3n) is 4.47. The van der Waals surface area contributed by atoms with E-state index in [1.807, 2.05) is 0 Å². The molecule has 0 aromatic rings. The zero-order chi connectivity index (χ0) is 20.5. The van der Waals surface area contributed by atoms with Gasteiger partial charge in [-0.05, 0) is 6.42 Å². The molecule has 0 radical (unpaired) electrons. The highest BCUT2D eigenvalue weighted by Gasteiger charge is 1.97. The van der Waals surface area contributed by atoms with E-state index in [0.29, 0.717) is 39.6 Å². The Morgan fingerprint density at radius 1 is 0.536 bits per heavy atom. The van der Waals surface area contributed by atoms with E-state index in [-0.39, 0.29) is 13.0 Å². The van der Waals surface area contributed by atoms with E-state index in [0.717, 1.165) is 13.0 Å². The van der Waals surface area contributed by atoms with Gasteiger partial charge < -0.3 is 24.1 Å². The summed E-state index contributed by atoms with van der Waals surface area (Å²) in [5.41, 5.74) is 0. The number of carboxylic acid groups (broad SMARTS) is 1. The van der Waals surface area contributed by atoms with Crippen LogP contribution in [0.3, 0.4) is 0 Å². The SMILES string of the molecule is CCCCCCCCCCCCCOCCOCCOCCOCCC(=O)O. The van der Waals surface area contributed by atoms with Crippen LogP contribution in [0.5, 0.6) is 0 Å². The van der Waals surface area contributed by atoms with Gasteiger partial charge in [0.25, 0.3) is 0 Å². The Morgan fingerprint density at radius 2 is 0.893 bits per heavy atom. The molecule has 0 aliphatic rings. The molecule has 0 unspecified atom stereocenters. The van der Waals surface area contributed by atoms with E-state index in [1.54, 1.807) is 0 Å². The van der Waals surface area contributed by atoms with Crippen molar-refractivity contribution in [1.82, 2.24) is 0 Å². The van der Waals surface area contributed by atoms with Crippen molar-refractivity contribution in [3.63, 3.8) is 0 Å². The lowest BCUT2D eigenvalue weighted by Gasteiger charge is -2.07. The van der Waals surface area contributed by atoms with Crippen molar-refractivity contribution in [3.8, 4) is 0 Å². The normalized spacial score (nSPS) is 11.2. The number of carbonyl (C=O) groups is 1. The Hall–Kier alpha value is -0.690. The first-order valence-corrected chi connectivity index (χ1v) is 11.3. The lowest BCUT2D eigenvalue weighted by molar-refractivity contribution is -0.138. The molecule has 168 valence electrons. The van der Waals surface area contributed by atoms with Crippen LogP contribution in [0.15, 0.2) is 0 Å². The summed E-state index contributed by atoms with van der Waals surface area (Å²) in [4.78, 5) is 10.3. The molecule has 0 heterocycles. The molecule has 1 N–H and O–H groups in total. The first-order chi connectivity index (χ1) is 13.8. The highest BCUT2D eigenvalue weighted by molar-refractivity contribution is 5.66. The summed E-state index contributed by atoms with van der Waals surface area (Å²) in [5.74, 6) is -0.847. The molecule has 0 rings (SSSR count). The number of hydrogen-bond donors (Lipinski definition) is 1. The molecule has 0 amide bonds. The van der Waals surface area contributed by atoms with Crippen LogP contribution in [-0.2, 0) is 23.7 Å². The molecule has 0 saturated heterocycles. The van der Waals surface area contributed by atoms with Crippen LogP contribution in [-0.4, -0.2) is 63.9 Å². The number of hydrogen-bond acceptors (Lipinski definition) is 5. The van der Waals surface area contributed by atoms with Crippen molar-refractivity contribution in [2.24, 2.45) is 0 Å². The van der Waals surface area contributed by atoms with Crippen LogP contribution in [0.25, 0.3) is 0 Å². The maximum Gasteiger partial charge on any atom is 0.305 e. The van der Waals surface area contributed by atoms with Crippen LogP contribution < -0.4 is 0 Å². The molecule has 6 heteroatoms. The zero-order valence-electron chi connectivity index (χ0n) is 18.1. The minimum absolute atomic E-state index is 0.0301. The van der Waals surface area contributed by atoms with E-state index >= 15 is 0 Å². The van der Waals surface area contributed by atoms with E-state index in [4.69, 9.17) is 24.1 Å². The zero-order valence-corrected chi connectivity index (χ0v) is 18.1. The van der Waals surface area contributed by atoms with Crippen LogP contribution >= 0.6 is 0 Å². The quantitative estimate of drug-likeness (QED) is 0.232. The molecular formula is C22H44O6. The Kier molecular flexibility index (Phi) is 23.7. The molecule has 0 fully saturated rings. The Balaban J connectivity index is 2.99. The van der Waals surface area contributed by atoms with E-state index < -0.39 is 5.97 Å². The van der Waals surface area contributed by atoms with Gasteiger partial charge in [0.2, 0.25) is 0 Å². The fourth-order valence-electron chi connectivity index (χ4n) is 2.79. The van der Waals surface area contributed by atoms with Gasteiger partial charge in [-0.2, -0.15) is 0 Å². The molecular weight excluding hydrogens is 360 g/mol. The van der Waals surface area contributed by atoms with Crippen molar-refractivity contribution in [2.75, 3.05) is 52.9 Å². The third-order valence-corrected chi connectivity index (χ3v) is 4.47. The Bertz CT molecular complexity index is 311. The number of ether oxygens (including phenoxy) is 4. The van der Waals surface area contributed by atoms with E-state index in [9.17, 15) is 4.79 Å². The van der Waals surface area contributed by atoms with Crippen LogP contribution in [0.4, 0.5) is 0 Å². The summed E-state index contributed by atoms with van der Waals surface area (Å²) in [7, 11) is 0. The van der Waals surface area contributed by atoms with Gasteiger partial charge in [-0.1, -0.05) is 71.1 Å². The first-order valence-electron chi connectivity index (χ1n) is 11.3. The number of aliphatic carboxylic acids is 1. The first kappa shape index (κ1) is 27.3. The molecule has 0 spiro atoms. The van der Waals surface area contributed by atoms with Crippen LogP contribution in [0, 0.1) is 0 Å². The summed E-state index contributed by atoms with van der Waals surface area (Å²) in [6.45, 7) is 6.47. The standard InChI is InChI=1S/C22H44O6/c1-2-3-4-5-6-7-8-9-10-11-12-14-25-16-18-27-20-21-28-19-17-26-15-13-22(23)24/h2-21H2,1H3,(H,23,24). The molecule has 0 aliphatic heterocycles. The number of carboxylic acids is 1. The fraction of sp³-hybridized carbons (Fsp3) is 0.955. The van der Waals surface area contributed by atoms with Crippen LogP contribution in [0.1, 0.15) is 84.0 Å². The maximum atomic E-state index is 10.3. The summed E-state index contributed by atoms with van der Waals surface area (Å²) < 4.78 is 21.4. The highest BCUT2D eigenvalue weighted by atomic mass is 16.6. The van der Waals surface area contributed by atoms with Gasteiger partial charge in [-0.3, -0.25) is 4.79 Å². The van der Waals surface area contributed by atoms with Gasteiger partial charge in [0.05, 0.1) is 52.7 Å². The minimum Gasteiger partial charge on any atom is -0.481 e. The van der Waals surface area contributed by atoms with Gasteiger partial charge >= 0.3 is 5.97 Å². The van der Waals surface area contributed by atoms with Crippen molar-refractivity contribution in [2.45, 2.75) is 84.0 Å². The lowest BCUT2D eigenvalue weighted by Crippen LogP contribution is -2.12. The van der Waals surface area contributed by atoms with Crippen molar-refractivity contribution >= 4 is 5.97 Å².